The fourth-order valence-corrected chi connectivity index (χ4v) is 2.77. The fourth-order valence-electron chi connectivity index (χ4n) is 2.77. The van der Waals surface area contributed by atoms with Gasteiger partial charge in [0.2, 0.25) is 0 Å². The lowest BCUT2D eigenvalue weighted by atomic mass is 9.85. The van der Waals surface area contributed by atoms with Crippen molar-refractivity contribution in [2.45, 2.75) is 49.7 Å². The molecular weight excluding hydrogens is 253 g/mol. The van der Waals surface area contributed by atoms with Gasteiger partial charge in [-0.1, -0.05) is 30.3 Å². The molecule has 1 aromatic carbocycles. The van der Waals surface area contributed by atoms with Gasteiger partial charge in [0.1, 0.15) is 0 Å². The lowest BCUT2D eigenvalue weighted by Gasteiger charge is -2.27. The third-order valence-corrected chi connectivity index (χ3v) is 3.96. The molecule has 5 heteroatoms. The van der Waals surface area contributed by atoms with Crippen molar-refractivity contribution < 1.29 is 13.2 Å². The molecule has 2 rings (SSSR count). The third-order valence-electron chi connectivity index (χ3n) is 3.96. The standard InChI is InChI=1S/C14H19F3N2/c15-14(16,17)8-4-7-12(19-18)13(9-10-13)11-5-2-1-3-6-11/h1-3,5-6,12,19H,4,7-10,18H2. The number of nitrogens with two attached hydrogens (primary N) is 1. The van der Waals surface area contributed by atoms with E-state index < -0.39 is 12.6 Å². The molecule has 3 N–H and O–H groups in total. The molecule has 0 spiro atoms. The SMILES string of the molecule is NNC(CCCC(F)(F)F)C1(c2ccccc2)CC1. The van der Waals surface area contributed by atoms with Gasteiger partial charge in [-0.05, 0) is 31.2 Å². The molecule has 0 radical (unpaired) electrons. The molecule has 0 bridgehead atoms. The summed E-state index contributed by atoms with van der Waals surface area (Å²) in [5.41, 5.74) is 3.83. The van der Waals surface area contributed by atoms with E-state index in [1.807, 2.05) is 30.3 Å². The number of nitrogens with one attached hydrogen (secondary N) is 1. The van der Waals surface area contributed by atoms with Gasteiger partial charge in [0.15, 0.2) is 0 Å². The van der Waals surface area contributed by atoms with Gasteiger partial charge in [0.05, 0.1) is 0 Å². The van der Waals surface area contributed by atoms with Crippen LogP contribution in [0.15, 0.2) is 30.3 Å². The maximum absolute atomic E-state index is 12.2. The quantitative estimate of drug-likeness (QED) is 0.616. The second-order valence-electron chi connectivity index (χ2n) is 5.25. The Morgan fingerprint density at radius 1 is 1.21 bits per heavy atom. The molecule has 0 heterocycles. The van der Waals surface area contributed by atoms with Gasteiger partial charge < -0.3 is 0 Å². The summed E-state index contributed by atoms with van der Waals surface area (Å²) < 4.78 is 36.6. The lowest BCUT2D eigenvalue weighted by Crippen LogP contribution is -2.44. The van der Waals surface area contributed by atoms with Gasteiger partial charge in [-0.2, -0.15) is 13.2 Å². The first-order valence-corrected chi connectivity index (χ1v) is 6.56. The zero-order chi connectivity index (χ0) is 13.9. The number of halogens is 3. The Bertz CT molecular complexity index is 399. The molecule has 1 unspecified atom stereocenters. The van der Waals surface area contributed by atoms with Crippen LogP contribution in [0.2, 0.25) is 0 Å². The van der Waals surface area contributed by atoms with Crippen LogP contribution in [0.25, 0.3) is 0 Å². The third kappa shape index (κ3) is 3.48. The maximum Gasteiger partial charge on any atom is 0.389 e. The summed E-state index contributed by atoms with van der Waals surface area (Å²) in [6.45, 7) is 0. The highest BCUT2D eigenvalue weighted by Gasteiger charge is 2.50. The highest BCUT2D eigenvalue weighted by atomic mass is 19.4. The smallest absolute Gasteiger partial charge is 0.271 e. The maximum atomic E-state index is 12.2. The minimum Gasteiger partial charge on any atom is -0.271 e. The van der Waals surface area contributed by atoms with Gasteiger partial charge >= 0.3 is 6.18 Å². The van der Waals surface area contributed by atoms with Gasteiger partial charge in [0, 0.05) is 17.9 Å². The van der Waals surface area contributed by atoms with E-state index in [9.17, 15) is 13.2 Å². The van der Waals surface area contributed by atoms with Crippen LogP contribution in [0.1, 0.15) is 37.7 Å². The van der Waals surface area contributed by atoms with Crippen molar-refractivity contribution in [3.05, 3.63) is 35.9 Å². The van der Waals surface area contributed by atoms with Crippen LogP contribution in [0.4, 0.5) is 13.2 Å². The van der Waals surface area contributed by atoms with Crippen molar-refractivity contribution in [1.82, 2.24) is 5.43 Å². The molecule has 1 aliphatic carbocycles. The summed E-state index contributed by atoms with van der Waals surface area (Å²) in [5.74, 6) is 5.55. The second kappa shape index (κ2) is 5.51. The summed E-state index contributed by atoms with van der Waals surface area (Å²) in [6.07, 6.45) is -2.29. The molecule has 1 atom stereocenters. The lowest BCUT2D eigenvalue weighted by molar-refractivity contribution is -0.136. The molecule has 0 amide bonds. The topological polar surface area (TPSA) is 38.0 Å². The van der Waals surface area contributed by atoms with Crippen molar-refractivity contribution in [1.29, 1.82) is 0 Å². The number of hydrazine groups is 1. The first-order valence-electron chi connectivity index (χ1n) is 6.56. The predicted molar refractivity (Wildman–Crippen MR) is 68.4 cm³/mol. The minimum atomic E-state index is -4.08. The highest BCUT2D eigenvalue weighted by molar-refractivity contribution is 5.33. The largest absolute Gasteiger partial charge is 0.389 e. The number of benzene rings is 1. The van der Waals surface area contributed by atoms with Crippen molar-refractivity contribution in [2.24, 2.45) is 5.84 Å². The van der Waals surface area contributed by atoms with Crippen molar-refractivity contribution >= 4 is 0 Å². The molecule has 1 fully saturated rings. The number of hydrogen-bond acceptors (Lipinski definition) is 2. The van der Waals surface area contributed by atoms with Gasteiger partial charge in [0.25, 0.3) is 0 Å². The molecule has 1 aliphatic rings. The second-order valence-corrected chi connectivity index (χ2v) is 5.25. The van der Waals surface area contributed by atoms with E-state index in [2.05, 4.69) is 5.43 Å². The fraction of sp³-hybridized carbons (Fsp3) is 0.571. The van der Waals surface area contributed by atoms with Crippen LogP contribution in [-0.2, 0) is 5.41 Å². The number of rotatable bonds is 6. The highest BCUT2D eigenvalue weighted by Crippen LogP contribution is 2.52. The Kier molecular flexibility index (Phi) is 4.16. The Hall–Kier alpha value is -1.07. The Labute approximate surface area is 111 Å². The molecule has 0 saturated heterocycles. The molecule has 0 aromatic heterocycles. The Morgan fingerprint density at radius 2 is 1.84 bits per heavy atom. The van der Waals surface area contributed by atoms with Crippen LogP contribution < -0.4 is 11.3 Å². The van der Waals surface area contributed by atoms with E-state index in [-0.39, 0.29) is 17.9 Å². The van der Waals surface area contributed by atoms with E-state index in [1.54, 1.807) is 0 Å². The van der Waals surface area contributed by atoms with E-state index >= 15 is 0 Å². The number of hydrogen-bond donors (Lipinski definition) is 2. The minimum absolute atomic E-state index is 0.0678. The molecule has 0 aliphatic heterocycles. The van der Waals surface area contributed by atoms with Crippen LogP contribution >= 0.6 is 0 Å². The first-order chi connectivity index (χ1) is 8.98. The zero-order valence-electron chi connectivity index (χ0n) is 10.7. The van der Waals surface area contributed by atoms with Crippen molar-refractivity contribution in [3.8, 4) is 0 Å². The van der Waals surface area contributed by atoms with E-state index in [4.69, 9.17) is 5.84 Å². The summed E-state index contributed by atoms with van der Waals surface area (Å²) in [5, 5.41) is 0. The van der Waals surface area contributed by atoms with Crippen molar-refractivity contribution in [3.63, 3.8) is 0 Å². The average Bonchev–Trinajstić information content (AvgIpc) is 3.16. The molecule has 1 aromatic rings. The Balaban J connectivity index is 1.98. The molecular formula is C14H19F3N2. The van der Waals surface area contributed by atoms with E-state index in [1.165, 1.54) is 5.56 Å². The van der Waals surface area contributed by atoms with Gasteiger partial charge in [-0.15, -0.1) is 0 Å². The van der Waals surface area contributed by atoms with E-state index in [0.717, 1.165) is 12.8 Å². The first kappa shape index (κ1) is 14.3. The normalized spacial score (nSPS) is 19.2. The number of alkyl halides is 3. The van der Waals surface area contributed by atoms with Crippen LogP contribution in [0, 0.1) is 0 Å². The van der Waals surface area contributed by atoms with Crippen LogP contribution in [-0.4, -0.2) is 12.2 Å². The predicted octanol–water partition coefficient (Wildman–Crippen LogP) is 3.28. The van der Waals surface area contributed by atoms with Gasteiger partial charge in [-0.25, -0.2) is 0 Å². The summed E-state index contributed by atoms with van der Waals surface area (Å²) in [7, 11) is 0. The molecule has 1 saturated carbocycles. The summed E-state index contributed by atoms with van der Waals surface area (Å²) in [6, 6.07) is 9.82. The summed E-state index contributed by atoms with van der Waals surface area (Å²) >= 11 is 0. The van der Waals surface area contributed by atoms with Gasteiger partial charge in [-0.3, -0.25) is 11.3 Å². The summed E-state index contributed by atoms with van der Waals surface area (Å²) in [4.78, 5) is 0. The average molecular weight is 272 g/mol. The van der Waals surface area contributed by atoms with E-state index in [0.29, 0.717) is 6.42 Å². The van der Waals surface area contributed by atoms with Crippen LogP contribution in [0.5, 0.6) is 0 Å². The molecule has 2 nitrogen and oxygen atoms in total. The van der Waals surface area contributed by atoms with Crippen LogP contribution in [0.3, 0.4) is 0 Å². The Morgan fingerprint density at radius 3 is 2.32 bits per heavy atom. The monoisotopic (exact) mass is 272 g/mol. The van der Waals surface area contributed by atoms with Crippen molar-refractivity contribution in [2.75, 3.05) is 0 Å². The molecule has 19 heavy (non-hydrogen) atoms. The zero-order valence-corrected chi connectivity index (χ0v) is 10.7. The molecule has 106 valence electrons.